The number of carbonyl (C=O) groups excluding carboxylic acids is 2. The zero-order valence-electron chi connectivity index (χ0n) is 15.4. The monoisotopic (exact) mass is 383 g/mol. The van der Waals surface area contributed by atoms with Gasteiger partial charge in [0.15, 0.2) is 15.6 Å². The Hall–Kier alpha value is -1.90. The van der Waals surface area contributed by atoms with Gasteiger partial charge in [-0.15, -0.1) is 0 Å². The lowest BCUT2D eigenvalue weighted by atomic mass is 9.92. The molecule has 2 aliphatic rings. The summed E-state index contributed by atoms with van der Waals surface area (Å²) in [6.45, 7) is 6.91. The molecule has 3 heterocycles. The molecule has 26 heavy (non-hydrogen) atoms. The Morgan fingerprint density at radius 1 is 1.23 bits per heavy atom. The molecule has 0 bridgehead atoms. The average molecular weight is 383 g/mol. The van der Waals surface area contributed by atoms with Gasteiger partial charge in [-0.3, -0.25) is 4.79 Å². The Morgan fingerprint density at radius 2 is 1.88 bits per heavy atom. The van der Waals surface area contributed by atoms with Crippen molar-refractivity contribution < 1.29 is 22.5 Å². The van der Waals surface area contributed by atoms with E-state index in [1.807, 2.05) is 20.8 Å². The van der Waals surface area contributed by atoms with E-state index in [0.29, 0.717) is 18.7 Å². The second-order valence-electron chi connectivity index (χ2n) is 7.99. The van der Waals surface area contributed by atoms with Gasteiger partial charge in [-0.05, 0) is 6.42 Å². The lowest BCUT2D eigenvalue weighted by Crippen LogP contribution is -2.61. The van der Waals surface area contributed by atoms with Crippen molar-refractivity contribution in [1.82, 2.24) is 15.0 Å². The molecule has 0 unspecified atom stereocenters. The van der Waals surface area contributed by atoms with Crippen molar-refractivity contribution in [3.8, 4) is 0 Å². The van der Waals surface area contributed by atoms with Crippen LogP contribution in [0.15, 0.2) is 10.6 Å². The molecule has 0 spiro atoms. The summed E-state index contributed by atoms with van der Waals surface area (Å²) in [5, 5.41) is 3.96. The summed E-state index contributed by atoms with van der Waals surface area (Å²) in [5.41, 5.74) is 0.393. The number of hydrogen-bond acceptors (Lipinski definition) is 6. The number of ketones is 1. The van der Waals surface area contributed by atoms with Gasteiger partial charge in [-0.1, -0.05) is 25.9 Å². The molecule has 3 rings (SSSR count). The van der Waals surface area contributed by atoms with E-state index < -0.39 is 15.9 Å². The summed E-state index contributed by atoms with van der Waals surface area (Å²) in [6, 6.07) is 1.08. The summed E-state index contributed by atoms with van der Waals surface area (Å²) in [6.07, 6.45) is 0.753. The molecule has 9 heteroatoms. The van der Waals surface area contributed by atoms with Crippen molar-refractivity contribution in [2.45, 2.75) is 45.1 Å². The number of carbonyl (C=O) groups is 2. The van der Waals surface area contributed by atoms with Gasteiger partial charge in [0.25, 0.3) is 0 Å². The highest BCUT2D eigenvalue weighted by Gasteiger charge is 2.40. The quantitative estimate of drug-likeness (QED) is 0.772. The molecular weight excluding hydrogens is 358 g/mol. The number of hydrogen-bond donors (Lipinski definition) is 0. The molecule has 8 nitrogen and oxygen atoms in total. The van der Waals surface area contributed by atoms with Crippen LogP contribution < -0.4 is 0 Å². The number of urea groups is 1. The molecule has 1 aromatic heterocycles. The summed E-state index contributed by atoms with van der Waals surface area (Å²) in [4.78, 5) is 28.2. The zero-order valence-corrected chi connectivity index (χ0v) is 16.2. The minimum Gasteiger partial charge on any atom is -0.361 e. The van der Waals surface area contributed by atoms with Gasteiger partial charge in [0, 0.05) is 31.1 Å². The summed E-state index contributed by atoms with van der Waals surface area (Å²) >= 11 is 0. The van der Waals surface area contributed by atoms with Crippen molar-refractivity contribution in [2.24, 2.45) is 0 Å². The van der Waals surface area contributed by atoms with Crippen molar-refractivity contribution in [3.63, 3.8) is 0 Å². The lowest BCUT2D eigenvalue weighted by Gasteiger charge is -2.43. The predicted octanol–water partition coefficient (Wildman–Crippen LogP) is 1.01. The normalized spacial score (nSPS) is 22.8. The third kappa shape index (κ3) is 3.92. The molecule has 1 atom stereocenters. The number of rotatable bonds is 3. The third-order valence-corrected chi connectivity index (χ3v) is 6.51. The van der Waals surface area contributed by atoms with Crippen molar-refractivity contribution >= 4 is 21.7 Å². The molecule has 0 aliphatic carbocycles. The lowest BCUT2D eigenvalue weighted by molar-refractivity contribution is -0.126. The summed E-state index contributed by atoms with van der Waals surface area (Å²) < 4.78 is 28.3. The van der Waals surface area contributed by atoms with Gasteiger partial charge in [0.1, 0.15) is 5.76 Å². The number of sulfone groups is 1. The van der Waals surface area contributed by atoms with Crippen LogP contribution >= 0.6 is 0 Å². The van der Waals surface area contributed by atoms with E-state index in [1.165, 1.54) is 9.80 Å². The molecule has 144 valence electrons. The summed E-state index contributed by atoms with van der Waals surface area (Å²) in [7, 11) is -3.04. The van der Waals surface area contributed by atoms with Crippen molar-refractivity contribution in [3.05, 3.63) is 17.5 Å². The number of Topliss-reactive ketones (excluding diaryl/α,β-unsaturated/α-hetero) is 1. The van der Waals surface area contributed by atoms with Gasteiger partial charge in [0.2, 0.25) is 0 Å². The van der Waals surface area contributed by atoms with Crippen LogP contribution in [0.3, 0.4) is 0 Å². The van der Waals surface area contributed by atoms with Crippen molar-refractivity contribution in [2.75, 3.05) is 31.1 Å². The predicted molar refractivity (Wildman–Crippen MR) is 94.6 cm³/mol. The largest absolute Gasteiger partial charge is 0.361 e. The van der Waals surface area contributed by atoms with Crippen LogP contribution in [0.1, 0.15) is 38.6 Å². The van der Waals surface area contributed by atoms with Crippen LogP contribution in [0, 0.1) is 0 Å². The van der Waals surface area contributed by atoms with Crippen molar-refractivity contribution in [1.29, 1.82) is 0 Å². The highest BCUT2D eigenvalue weighted by atomic mass is 32.2. The van der Waals surface area contributed by atoms with Gasteiger partial charge >= 0.3 is 6.03 Å². The van der Waals surface area contributed by atoms with E-state index in [0.717, 1.165) is 5.76 Å². The first-order valence-electron chi connectivity index (χ1n) is 8.81. The van der Waals surface area contributed by atoms with Crippen LogP contribution in [-0.4, -0.2) is 72.4 Å². The Labute approximate surface area is 153 Å². The maximum absolute atomic E-state index is 12.6. The smallest absolute Gasteiger partial charge is 0.320 e. The Morgan fingerprint density at radius 3 is 2.38 bits per heavy atom. The molecule has 2 amide bonds. The highest BCUT2D eigenvalue weighted by Crippen LogP contribution is 2.25. The average Bonchev–Trinajstić information content (AvgIpc) is 2.94. The minimum atomic E-state index is -3.04. The van der Waals surface area contributed by atoms with E-state index in [9.17, 15) is 18.0 Å². The number of likely N-dealkylation sites (tertiary alicyclic amines) is 1. The zero-order chi connectivity index (χ0) is 19.1. The molecular formula is C17H25N3O5S. The Balaban J connectivity index is 1.59. The second kappa shape index (κ2) is 6.68. The Bertz CT molecular complexity index is 795. The molecule has 0 N–H and O–H groups in total. The first kappa shape index (κ1) is 18.9. The molecule has 0 radical (unpaired) electrons. The second-order valence-corrected chi connectivity index (χ2v) is 10.3. The standard InChI is InChI=1S/C17H25N3O5S/c1-17(2,3)15-11-12(18-25-15)10-14(21)13-4-5-20(13)16(22)19-6-8-26(23,24)9-7-19/h11,13H,4-10H2,1-3H3/t13-/m0/s1. The molecule has 1 aromatic rings. The third-order valence-electron chi connectivity index (χ3n) is 4.91. The molecule has 2 saturated heterocycles. The maximum Gasteiger partial charge on any atom is 0.320 e. The van der Waals surface area contributed by atoms with E-state index in [1.54, 1.807) is 6.07 Å². The fraction of sp³-hybridized carbons (Fsp3) is 0.706. The maximum atomic E-state index is 12.6. The topological polar surface area (TPSA) is 101 Å². The number of aromatic nitrogens is 1. The van der Waals surface area contributed by atoms with Gasteiger partial charge < -0.3 is 14.3 Å². The van der Waals surface area contributed by atoms with Gasteiger partial charge in [-0.25, -0.2) is 13.2 Å². The van der Waals surface area contributed by atoms with Crippen LogP contribution in [-0.2, 0) is 26.5 Å². The first-order valence-corrected chi connectivity index (χ1v) is 10.6. The highest BCUT2D eigenvalue weighted by molar-refractivity contribution is 7.91. The van der Waals surface area contributed by atoms with Crippen LogP contribution in [0.4, 0.5) is 4.79 Å². The fourth-order valence-corrected chi connectivity index (χ4v) is 4.28. The number of amides is 2. The molecule has 2 fully saturated rings. The SMILES string of the molecule is CC(C)(C)c1cc(CC(=O)[C@@H]2CCN2C(=O)N2CCS(=O)(=O)CC2)no1. The van der Waals surface area contributed by atoms with E-state index >= 15 is 0 Å². The van der Waals surface area contributed by atoms with Crippen LogP contribution in [0.25, 0.3) is 0 Å². The minimum absolute atomic E-state index is 0.0142. The van der Waals surface area contributed by atoms with Crippen LogP contribution in [0.5, 0.6) is 0 Å². The van der Waals surface area contributed by atoms with Gasteiger partial charge in [0.05, 0.1) is 29.7 Å². The first-order chi connectivity index (χ1) is 12.1. The Kier molecular flexibility index (Phi) is 4.85. The number of nitrogens with zero attached hydrogens (tertiary/aromatic N) is 3. The molecule has 0 saturated carbocycles. The summed E-state index contributed by atoms with van der Waals surface area (Å²) in [5.74, 6) is 0.624. The van der Waals surface area contributed by atoms with Gasteiger partial charge in [-0.2, -0.15) is 0 Å². The van der Waals surface area contributed by atoms with E-state index in [4.69, 9.17) is 4.52 Å². The van der Waals surface area contributed by atoms with E-state index in [2.05, 4.69) is 5.16 Å². The van der Waals surface area contributed by atoms with E-state index in [-0.39, 0.29) is 48.2 Å². The molecule has 2 aliphatic heterocycles. The fourth-order valence-electron chi connectivity index (χ4n) is 3.08. The van der Waals surface area contributed by atoms with Crippen LogP contribution in [0.2, 0.25) is 0 Å². The molecule has 0 aromatic carbocycles.